The molecular weight excluding hydrogens is 195 g/mol. The van der Waals surface area contributed by atoms with Gasteiger partial charge in [-0.3, -0.25) is 4.55 Å². The van der Waals surface area contributed by atoms with Crippen molar-refractivity contribution < 1.29 is 13.0 Å². The van der Waals surface area contributed by atoms with Crippen LogP contribution in [0.5, 0.6) is 0 Å². The van der Waals surface area contributed by atoms with Crippen LogP contribution < -0.4 is 0 Å². The van der Waals surface area contributed by atoms with E-state index in [0.29, 0.717) is 0 Å². The molecule has 0 aliphatic heterocycles. The molecule has 1 aromatic carbocycles. The Bertz CT molecular complexity index is 398. The van der Waals surface area contributed by atoms with Crippen LogP contribution >= 0.6 is 0 Å². The van der Waals surface area contributed by atoms with Crippen molar-refractivity contribution in [3.05, 3.63) is 29.8 Å². The van der Waals surface area contributed by atoms with Gasteiger partial charge in [-0.25, -0.2) is 0 Å². The minimum atomic E-state index is -4.06. The summed E-state index contributed by atoms with van der Waals surface area (Å²) in [6.45, 7) is 3.92. The first-order valence-corrected chi connectivity index (χ1v) is 5.42. The quantitative estimate of drug-likeness (QED) is 0.590. The van der Waals surface area contributed by atoms with Gasteiger partial charge < -0.3 is 0 Å². The third kappa shape index (κ3) is 3.47. The molecule has 14 heavy (non-hydrogen) atoms. The van der Waals surface area contributed by atoms with Crippen molar-refractivity contribution in [1.29, 1.82) is 0 Å². The van der Waals surface area contributed by atoms with Crippen LogP contribution in [0.1, 0.15) is 25.3 Å². The van der Waals surface area contributed by atoms with Crippen LogP contribution in [0.3, 0.4) is 0 Å². The third-order valence-electron chi connectivity index (χ3n) is 1.82. The summed E-state index contributed by atoms with van der Waals surface area (Å²) in [6.07, 6.45) is 0. The second-order valence-corrected chi connectivity index (χ2v) is 4.62. The Morgan fingerprint density at radius 2 is 1.86 bits per heavy atom. The number of benzene rings is 1. The number of rotatable bonds is 2. The molecule has 0 saturated carbocycles. The summed E-state index contributed by atoms with van der Waals surface area (Å²) in [7, 11) is -4.06. The molecule has 74 valence electrons. The van der Waals surface area contributed by atoms with Crippen molar-refractivity contribution in [2.75, 3.05) is 0 Å². The van der Waals surface area contributed by atoms with Gasteiger partial charge in [-0.05, 0) is 23.6 Å². The summed E-state index contributed by atoms with van der Waals surface area (Å²) < 4.78 is 30.3. The van der Waals surface area contributed by atoms with E-state index >= 15 is 0 Å². The fraction of sp³-hybridized carbons (Fsp3) is 0.333. The molecule has 1 rings (SSSR count). The Hall–Kier alpha value is -0.273. The van der Waals surface area contributed by atoms with Gasteiger partial charge in [0.1, 0.15) is 0 Å². The van der Waals surface area contributed by atoms with Crippen LogP contribution in [0.4, 0.5) is 0 Å². The second kappa shape index (κ2) is 4.99. The predicted molar refractivity (Wildman–Crippen MR) is 57.5 cm³/mol. The predicted octanol–water partition coefficient (Wildman–Crippen LogP) is 1.41. The van der Waals surface area contributed by atoms with Crippen molar-refractivity contribution in [2.24, 2.45) is 0 Å². The molecule has 1 N–H and O–H groups in total. The van der Waals surface area contributed by atoms with E-state index in [4.69, 9.17) is 4.55 Å². The van der Waals surface area contributed by atoms with E-state index in [-0.39, 0.29) is 29.7 Å². The topological polar surface area (TPSA) is 54.4 Å². The normalized spacial score (nSPS) is 11.1. The summed E-state index contributed by atoms with van der Waals surface area (Å²) in [5.74, 6) is 0.252. The number of hydrogen-bond donors (Lipinski definition) is 1. The zero-order chi connectivity index (χ0) is 10.1. The molecule has 0 aliphatic carbocycles. The van der Waals surface area contributed by atoms with Gasteiger partial charge in [0.25, 0.3) is 10.1 Å². The Morgan fingerprint density at radius 3 is 2.29 bits per heavy atom. The Kier molecular flexibility index (Phi) is 4.89. The molecule has 0 aliphatic rings. The van der Waals surface area contributed by atoms with E-state index in [1.165, 1.54) is 12.1 Å². The Balaban J connectivity index is 0.00000169. The Labute approximate surface area is 96.5 Å². The van der Waals surface area contributed by atoms with Gasteiger partial charge >= 0.3 is 18.9 Å². The van der Waals surface area contributed by atoms with Crippen LogP contribution in [0.15, 0.2) is 29.2 Å². The molecule has 0 amide bonds. The molecule has 0 radical (unpaired) electrons. The van der Waals surface area contributed by atoms with Crippen LogP contribution in [-0.2, 0) is 10.1 Å². The SMILES string of the molecule is CC(C)c1cccc(S(=O)(=O)O)c1.[LiH]. The molecule has 0 unspecified atom stereocenters. The molecule has 5 heteroatoms. The van der Waals surface area contributed by atoms with Crippen molar-refractivity contribution in [1.82, 2.24) is 0 Å². The molecule has 0 aromatic heterocycles. The molecule has 0 atom stereocenters. The van der Waals surface area contributed by atoms with Gasteiger partial charge in [0.15, 0.2) is 0 Å². The monoisotopic (exact) mass is 208 g/mol. The summed E-state index contributed by atoms with van der Waals surface area (Å²) in [5.41, 5.74) is 0.898. The first-order valence-electron chi connectivity index (χ1n) is 3.98. The first-order chi connectivity index (χ1) is 5.91. The molecule has 0 saturated heterocycles. The zero-order valence-electron chi connectivity index (χ0n) is 7.56. The summed E-state index contributed by atoms with van der Waals surface area (Å²) in [5, 5.41) is 0. The minimum absolute atomic E-state index is 0. The van der Waals surface area contributed by atoms with Crippen molar-refractivity contribution in [3.8, 4) is 0 Å². The average molecular weight is 208 g/mol. The summed E-state index contributed by atoms with van der Waals surface area (Å²) in [4.78, 5) is -0.0429. The van der Waals surface area contributed by atoms with Gasteiger partial charge in [0, 0.05) is 0 Å². The van der Waals surface area contributed by atoms with E-state index in [2.05, 4.69) is 0 Å². The molecule has 0 fully saturated rings. The van der Waals surface area contributed by atoms with Gasteiger partial charge in [-0.1, -0.05) is 26.0 Å². The van der Waals surface area contributed by atoms with Crippen LogP contribution in [0.2, 0.25) is 0 Å². The van der Waals surface area contributed by atoms with Gasteiger partial charge in [0.2, 0.25) is 0 Å². The van der Waals surface area contributed by atoms with E-state index < -0.39 is 10.1 Å². The number of hydrogen-bond acceptors (Lipinski definition) is 2. The van der Waals surface area contributed by atoms with Gasteiger partial charge in [-0.2, -0.15) is 8.42 Å². The molecular formula is C9H13LiO3S. The van der Waals surface area contributed by atoms with E-state index in [1.54, 1.807) is 6.07 Å². The van der Waals surface area contributed by atoms with E-state index in [0.717, 1.165) is 5.56 Å². The zero-order valence-corrected chi connectivity index (χ0v) is 8.38. The Morgan fingerprint density at radius 1 is 1.29 bits per heavy atom. The summed E-state index contributed by atoms with van der Waals surface area (Å²) in [6, 6.07) is 6.32. The standard InChI is InChI=1S/C9H12O3S.Li.H/c1-7(2)8-4-3-5-9(6-8)13(10,11)12;;/h3-7H,1-2H3,(H,10,11,12);;. The molecule has 0 spiro atoms. The molecule has 0 bridgehead atoms. The first kappa shape index (κ1) is 13.7. The van der Waals surface area contributed by atoms with Crippen molar-refractivity contribution in [2.45, 2.75) is 24.7 Å². The third-order valence-corrected chi connectivity index (χ3v) is 2.67. The maximum absolute atomic E-state index is 10.8. The van der Waals surface area contributed by atoms with Crippen molar-refractivity contribution >= 4 is 29.0 Å². The average Bonchev–Trinajstić information content (AvgIpc) is 2.03. The molecule has 3 nitrogen and oxygen atoms in total. The van der Waals surface area contributed by atoms with Crippen LogP contribution in [-0.4, -0.2) is 31.8 Å². The van der Waals surface area contributed by atoms with Gasteiger partial charge in [0.05, 0.1) is 4.90 Å². The van der Waals surface area contributed by atoms with Crippen LogP contribution in [0, 0.1) is 0 Å². The van der Waals surface area contributed by atoms with Crippen molar-refractivity contribution in [3.63, 3.8) is 0 Å². The van der Waals surface area contributed by atoms with Crippen LogP contribution in [0.25, 0.3) is 0 Å². The second-order valence-electron chi connectivity index (χ2n) is 3.20. The van der Waals surface area contributed by atoms with E-state index in [9.17, 15) is 8.42 Å². The molecule has 0 heterocycles. The van der Waals surface area contributed by atoms with Gasteiger partial charge in [-0.15, -0.1) is 0 Å². The fourth-order valence-corrected chi connectivity index (χ4v) is 1.57. The molecule has 1 aromatic rings. The summed E-state index contributed by atoms with van der Waals surface area (Å²) >= 11 is 0. The maximum atomic E-state index is 10.8. The fourth-order valence-electron chi connectivity index (χ4n) is 1.03. The van der Waals surface area contributed by atoms with E-state index in [1.807, 2.05) is 19.9 Å².